The van der Waals surface area contributed by atoms with E-state index < -0.39 is 5.97 Å². The molecule has 0 fully saturated rings. The van der Waals surface area contributed by atoms with Crippen molar-refractivity contribution in [1.29, 1.82) is 0 Å². The zero-order valence-electron chi connectivity index (χ0n) is 10.4. The monoisotopic (exact) mass is 258 g/mol. The summed E-state index contributed by atoms with van der Waals surface area (Å²) >= 11 is 0. The van der Waals surface area contributed by atoms with Gasteiger partial charge in [0.25, 0.3) is 0 Å². The molecule has 2 aromatic rings. The molecule has 98 valence electrons. The van der Waals surface area contributed by atoms with Crippen LogP contribution in [0.5, 0.6) is 0 Å². The number of hydrogen-bond acceptors (Lipinski definition) is 4. The maximum Gasteiger partial charge on any atom is 0.335 e. The summed E-state index contributed by atoms with van der Waals surface area (Å²) < 4.78 is 4.84. The third-order valence-electron chi connectivity index (χ3n) is 3.40. The van der Waals surface area contributed by atoms with Crippen molar-refractivity contribution >= 4 is 11.7 Å². The van der Waals surface area contributed by atoms with E-state index in [1.54, 1.807) is 24.6 Å². The molecule has 0 unspecified atom stereocenters. The highest BCUT2D eigenvalue weighted by Crippen LogP contribution is 2.29. The fourth-order valence-corrected chi connectivity index (χ4v) is 2.50. The van der Waals surface area contributed by atoms with Crippen LogP contribution in [-0.4, -0.2) is 22.8 Å². The van der Waals surface area contributed by atoms with E-state index in [0.717, 1.165) is 42.7 Å². The fraction of sp³-hybridized carbons (Fsp3) is 0.286. The number of nitrogens with zero attached hydrogens (tertiary/aromatic N) is 2. The molecule has 1 aromatic carbocycles. The average Bonchev–Trinajstić information content (AvgIpc) is 2.91. The zero-order valence-corrected chi connectivity index (χ0v) is 10.4. The second-order valence-corrected chi connectivity index (χ2v) is 4.71. The molecule has 5 nitrogen and oxygen atoms in total. The van der Waals surface area contributed by atoms with Gasteiger partial charge in [-0.3, -0.25) is 0 Å². The van der Waals surface area contributed by atoms with Gasteiger partial charge in [-0.15, -0.1) is 0 Å². The Morgan fingerprint density at radius 1 is 1.47 bits per heavy atom. The standard InChI is InChI=1S/C14H14N2O3/c17-14(18)12-3-4-13-11(6-12)2-1-5-16(13)8-10-7-15-19-9-10/h3-4,6-7,9H,1-2,5,8H2,(H,17,18). The highest BCUT2D eigenvalue weighted by Gasteiger charge is 2.19. The van der Waals surface area contributed by atoms with E-state index in [4.69, 9.17) is 9.63 Å². The molecule has 0 atom stereocenters. The molecule has 19 heavy (non-hydrogen) atoms. The van der Waals surface area contributed by atoms with Gasteiger partial charge in [0.1, 0.15) is 6.26 Å². The minimum Gasteiger partial charge on any atom is -0.478 e. The van der Waals surface area contributed by atoms with Gasteiger partial charge in [-0.1, -0.05) is 5.16 Å². The van der Waals surface area contributed by atoms with Crippen molar-refractivity contribution in [2.24, 2.45) is 0 Å². The number of rotatable bonds is 3. The number of carboxylic acid groups (broad SMARTS) is 1. The van der Waals surface area contributed by atoms with Crippen LogP contribution in [0.25, 0.3) is 0 Å². The number of fused-ring (bicyclic) bond motifs is 1. The summed E-state index contributed by atoms with van der Waals surface area (Å²) in [5.74, 6) is -0.876. The molecule has 0 spiro atoms. The molecule has 0 saturated carbocycles. The third kappa shape index (κ3) is 2.31. The lowest BCUT2D eigenvalue weighted by Crippen LogP contribution is -2.28. The normalized spacial score (nSPS) is 14.2. The molecule has 1 N–H and O–H groups in total. The molecule has 1 aromatic heterocycles. The highest BCUT2D eigenvalue weighted by atomic mass is 16.5. The van der Waals surface area contributed by atoms with Gasteiger partial charge in [0.05, 0.1) is 11.8 Å². The van der Waals surface area contributed by atoms with Crippen LogP contribution in [0.15, 0.2) is 35.2 Å². The van der Waals surface area contributed by atoms with Gasteiger partial charge in [-0.05, 0) is 36.6 Å². The predicted molar refractivity (Wildman–Crippen MR) is 69.3 cm³/mol. The SMILES string of the molecule is O=C(O)c1ccc2c(c1)CCCN2Cc1cnoc1. The maximum absolute atomic E-state index is 11.0. The molecule has 0 amide bonds. The van der Waals surface area contributed by atoms with Crippen molar-refractivity contribution in [2.45, 2.75) is 19.4 Å². The van der Waals surface area contributed by atoms with E-state index in [2.05, 4.69) is 10.1 Å². The first-order valence-electron chi connectivity index (χ1n) is 6.23. The first kappa shape index (κ1) is 11.8. The summed E-state index contributed by atoms with van der Waals surface area (Å²) in [7, 11) is 0. The molecule has 0 radical (unpaired) electrons. The van der Waals surface area contributed by atoms with E-state index in [-0.39, 0.29) is 0 Å². The highest BCUT2D eigenvalue weighted by molar-refractivity contribution is 5.88. The van der Waals surface area contributed by atoms with Crippen LogP contribution in [-0.2, 0) is 13.0 Å². The maximum atomic E-state index is 11.0. The molecule has 3 rings (SSSR count). The molecule has 5 heteroatoms. The Labute approximate surface area is 110 Å². The lowest BCUT2D eigenvalue weighted by Gasteiger charge is -2.31. The lowest BCUT2D eigenvalue weighted by atomic mass is 9.99. The summed E-state index contributed by atoms with van der Waals surface area (Å²) in [6.45, 7) is 1.70. The lowest BCUT2D eigenvalue weighted by molar-refractivity contribution is 0.0697. The average molecular weight is 258 g/mol. The molecular weight excluding hydrogens is 244 g/mol. The van der Waals surface area contributed by atoms with Gasteiger partial charge >= 0.3 is 5.97 Å². The molecule has 0 aliphatic carbocycles. The van der Waals surface area contributed by atoms with E-state index >= 15 is 0 Å². The van der Waals surface area contributed by atoms with Crippen LogP contribution in [0.3, 0.4) is 0 Å². The number of carboxylic acids is 1. The number of aromatic carboxylic acids is 1. The Morgan fingerprint density at radius 3 is 3.11 bits per heavy atom. The molecular formula is C14H14N2O3. The number of hydrogen-bond donors (Lipinski definition) is 1. The van der Waals surface area contributed by atoms with Crippen molar-refractivity contribution in [3.8, 4) is 0 Å². The van der Waals surface area contributed by atoms with E-state index in [1.807, 2.05) is 6.07 Å². The van der Waals surface area contributed by atoms with Crippen molar-refractivity contribution < 1.29 is 14.4 Å². The van der Waals surface area contributed by atoms with Crippen molar-refractivity contribution in [2.75, 3.05) is 11.4 Å². The van der Waals surface area contributed by atoms with Crippen LogP contribution in [0, 0.1) is 0 Å². The molecule has 2 heterocycles. The Balaban J connectivity index is 1.89. The number of carbonyl (C=O) groups is 1. The Bertz CT molecular complexity index is 593. The number of aryl methyl sites for hydroxylation is 1. The Hall–Kier alpha value is -2.30. The first-order valence-corrected chi connectivity index (χ1v) is 6.23. The van der Waals surface area contributed by atoms with Gasteiger partial charge in [-0.25, -0.2) is 4.79 Å². The summed E-state index contributed by atoms with van der Waals surface area (Å²) in [6.07, 6.45) is 5.30. The van der Waals surface area contributed by atoms with Crippen LogP contribution in [0.2, 0.25) is 0 Å². The first-order chi connectivity index (χ1) is 9.24. The van der Waals surface area contributed by atoms with E-state index in [9.17, 15) is 4.79 Å². The van der Waals surface area contributed by atoms with Crippen molar-refractivity contribution in [3.05, 3.63) is 47.3 Å². The topological polar surface area (TPSA) is 66.6 Å². The fourth-order valence-electron chi connectivity index (χ4n) is 2.50. The summed E-state index contributed by atoms with van der Waals surface area (Å²) in [5.41, 5.74) is 3.58. The summed E-state index contributed by atoms with van der Waals surface area (Å²) in [4.78, 5) is 13.2. The van der Waals surface area contributed by atoms with Crippen LogP contribution in [0.1, 0.15) is 27.9 Å². The minimum absolute atomic E-state index is 0.352. The van der Waals surface area contributed by atoms with E-state index in [1.165, 1.54) is 0 Å². The predicted octanol–water partition coefficient (Wildman–Crippen LogP) is 2.33. The minimum atomic E-state index is -0.876. The van der Waals surface area contributed by atoms with Crippen molar-refractivity contribution in [1.82, 2.24) is 5.16 Å². The Kier molecular flexibility index (Phi) is 2.95. The molecule has 1 aliphatic rings. The third-order valence-corrected chi connectivity index (χ3v) is 3.40. The zero-order chi connectivity index (χ0) is 13.2. The van der Waals surface area contributed by atoms with Gasteiger partial charge in [-0.2, -0.15) is 0 Å². The van der Waals surface area contributed by atoms with Crippen LogP contribution in [0.4, 0.5) is 5.69 Å². The summed E-state index contributed by atoms with van der Waals surface area (Å²) in [5, 5.41) is 12.7. The second-order valence-electron chi connectivity index (χ2n) is 4.71. The van der Waals surface area contributed by atoms with Crippen LogP contribution < -0.4 is 4.90 Å². The molecule has 0 saturated heterocycles. The van der Waals surface area contributed by atoms with Crippen molar-refractivity contribution in [3.63, 3.8) is 0 Å². The van der Waals surface area contributed by atoms with Gasteiger partial charge < -0.3 is 14.5 Å². The number of aromatic nitrogens is 1. The van der Waals surface area contributed by atoms with E-state index in [0.29, 0.717) is 5.56 Å². The quantitative estimate of drug-likeness (QED) is 0.915. The number of anilines is 1. The van der Waals surface area contributed by atoms with Crippen LogP contribution >= 0.6 is 0 Å². The summed E-state index contributed by atoms with van der Waals surface area (Å²) in [6, 6.07) is 5.33. The van der Waals surface area contributed by atoms with Gasteiger partial charge in [0.2, 0.25) is 0 Å². The Morgan fingerprint density at radius 2 is 2.37 bits per heavy atom. The van der Waals surface area contributed by atoms with Gasteiger partial charge in [0.15, 0.2) is 0 Å². The number of benzene rings is 1. The smallest absolute Gasteiger partial charge is 0.335 e. The molecule has 0 bridgehead atoms. The second kappa shape index (κ2) is 4.76. The molecule has 1 aliphatic heterocycles. The van der Waals surface area contributed by atoms with Gasteiger partial charge in [0, 0.05) is 24.3 Å². The largest absolute Gasteiger partial charge is 0.478 e.